The number of ketones is 1. The molecular formula is C25H23N3O3. The highest BCUT2D eigenvalue weighted by molar-refractivity contribution is 6.03. The van der Waals surface area contributed by atoms with E-state index in [2.05, 4.69) is 5.32 Å². The number of ether oxygens (including phenoxy) is 1. The average Bonchev–Trinajstić information content (AvgIpc) is 3.45. The highest BCUT2D eigenvalue weighted by atomic mass is 16.5. The van der Waals surface area contributed by atoms with Crippen LogP contribution in [0.3, 0.4) is 0 Å². The Labute approximate surface area is 180 Å². The molecule has 0 radical (unpaired) electrons. The molecule has 0 bridgehead atoms. The van der Waals surface area contributed by atoms with E-state index in [1.54, 1.807) is 6.26 Å². The summed E-state index contributed by atoms with van der Waals surface area (Å²) in [4.78, 5) is 13.2. The molecule has 0 unspecified atom stereocenters. The number of carbonyl (C=O) groups is 1. The molecule has 2 heterocycles. The number of rotatable bonds is 6. The standard InChI is InChI=1S/C25H23N3O3/c1-2-30-20-12-10-18(11-13-20)26-25-24-21(28(27-25)19-7-4-3-5-8-19)15-17(16-22(24)29)23-9-6-14-31-23/h3-14,17H,2,15-16H2,1H3,(H,26,27)/t17-/m1/s1. The molecule has 0 amide bonds. The third kappa shape index (κ3) is 3.72. The van der Waals surface area contributed by atoms with Gasteiger partial charge in [0.1, 0.15) is 11.5 Å². The van der Waals surface area contributed by atoms with Crippen LogP contribution in [-0.4, -0.2) is 22.2 Å². The summed E-state index contributed by atoms with van der Waals surface area (Å²) in [6.45, 7) is 2.57. The van der Waals surface area contributed by atoms with E-state index in [1.165, 1.54) is 0 Å². The Morgan fingerprint density at radius 3 is 2.58 bits per heavy atom. The van der Waals surface area contributed by atoms with Gasteiger partial charge in [-0.15, -0.1) is 5.10 Å². The van der Waals surface area contributed by atoms with Crippen LogP contribution in [0.5, 0.6) is 5.75 Å². The normalized spacial score (nSPS) is 15.5. The number of Topliss-reactive ketones (excluding diaryl/α,β-unsaturated/α-hetero) is 1. The predicted molar refractivity (Wildman–Crippen MR) is 119 cm³/mol. The van der Waals surface area contributed by atoms with Gasteiger partial charge in [-0.25, -0.2) is 4.68 Å². The number of carbonyl (C=O) groups excluding carboxylic acids is 1. The van der Waals surface area contributed by atoms with E-state index in [4.69, 9.17) is 14.3 Å². The van der Waals surface area contributed by atoms with Gasteiger partial charge >= 0.3 is 0 Å². The van der Waals surface area contributed by atoms with Gasteiger partial charge in [-0.2, -0.15) is 0 Å². The van der Waals surface area contributed by atoms with Crippen molar-refractivity contribution in [3.63, 3.8) is 0 Å². The molecule has 1 aliphatic carbocycles. The number of nitrogens with one attached hydrogen (secondary N) is 1. The second-order valence-corrected chi connectivity index (χ2v) is 7.54. The van der Waals surface area contributed by atoms with Crippen LogP contribution in [0.25, 0.3) is 5.69 Å². The molecule has 0 aliphatic heterocycles. The number of benzene rings is 2. The fourth-order valence-corrected chi connectivity index (χ4v) is 4.10. The summed E-state index contributed by atoms with van der Waals surface area (Å²) in [5.74, 6) is 2.29. The molecule has 0 saturated heterocycles. The van der Waals surface area contributed by atoms with E-state index in [0.717, 1.165) is 28.6 Å². The van der Waals surface area contributed by atoms with Crippen molar-refractivity contribution in [2.24, 2.45) is 0 Å². The first-order chi connectivity index (χ1) is 15.2. The third-order valence-corrected chi connectivity index (χ3v) is 5.51. The Kier molecular flexibility index (Phi) is 5.04. The third-order valence-electron chi connectivity index (χ3n) is 5.51. The summed E-state index contributed by atoms with van der Waals surface area (Å²) in [5.41, 5.74) is 3.33. The second-order valence-electron chi connectivity index (χ2n) is 7.54. The number of furan rings is 1. The lowest BCUT2D eigenvalue weighted by molar-refractivity contribution is 0.0960. The number of hydrogen-bond acceptors (Lipinski definition) is 5. The average molecular weight is 413 g/mol. The molecule has 0 fully saturated rings. The van der Waals surface area contributed by atoms with Crippen molar-refractivity contribution in [3.05, 3.63) is 90.0 Å². The molecule has 4 aromatic rings. The molecule has 2 aromatic carbocycles. The van der Waals surface area contributed by atoms with Crippen LogP contribution >= 0.6 is 0 Å². The van der Waals surface area contributed by atoms with E-state index < -0.39 is 0 Å². The minimum atomic E-state index is 0.00693. The predicted octanol–water partition coefficient (Wildman–Crippen LogP) is 5.52. The highest BCUT2D eigenvalue weighted by Gasteiger charge is 2.34. The summed E-state index contributed by atoms with van der Waals surface area (Å²) >= 11 is 0. The van der Waals surface area contributed by atoms with Crippen molar-refractivity contribution < 1.29 is 13.9 Å². The maximum Gasteiger partial charge on any atom is 0.169 e. The number of hydrogen-bond donors (Lipinski definition) is 1. The van der Waals surface area contributed by atoms with Crippen molar-refractivity contribution in [3.8, 4) is 11.4 Å². The smallest absolute Gasteiger partial charge is 0.169 e. The van der Waals surface area contributed by atoms with Crippen LogP contribution in [0.4, 0.5) is 11.5 Å². The van der Waals surface area contributed by atoms with Crippen LogP contribution in [0.2, 0.25) is 0 Å². The number of anilines is 2. The van der Waals surface area contributed by atoms with Gasteiger partial charge in [0.25, 0.3) is 0 Å². The van der Waals surface area contributed by atoms with Gasteiger partial charge in [-0.05, 0) is 55.5 Å². The van der Waals surface area contributed by atoms with E-state index in [-0.39, 0.29) is 11.7 Å². The number of para-hydroxylation sites is 1. The molecule has 31 heavy (non-hydrogen) atoms. The molecule has 0 spiro atoms. The molecule has 1 aliphatic rings. The molecule has 6 nitrogen and oxygen atoms in total. The van der Waals surface area contributed by atoms with Crippen LogP contribution < -0.4 is 10.1 Å². The Morgan fingerprint density at radius 2 is 1.87 bits per heavy atom. The molecule has 0 saturated carbocycles. The Balaban J connectivity index is 1.55. The van der Waals surface area contributed by atoms with Gasteiger partial charge in [-0.1, -0.05) is 18.2 Å². The fraction of sp³-hybridized carbons (Fsp3) is 0.200. The lowest BCUT2D eigenvalue weighted by Crippen LogP contribution is -2.20. The molecular weight excluding hydrogens is 390 g/mol. The van der Waals surface area contributed by atoms with Gasteiger partial charge in [0, 0.05) is 24.4 Å². The first-order valence-electron chi connectivity index (χ1n) is 10.5. The van der Waals surface area contributed by atoms with E-state index in [0.29, 0.717) is 30.8 Å². The topological polar surface area (TPSA) is 69.3 Å². The maximum atomic E-state index is 13.2. The van der Waals surface area contributed by atoms with Crippen molar-refractivity contribution >= 4 is 17.3 Å². The fourth-order valence-electron chi connectivity index (χ4n) is 4.10. The van der Waals surface area contributed by atoms with Gasteiger partial charge in [-0.3, -0.25) is 4.79 Å². The summed E-state index contributed by atoms with van der Waals surface area (Å²) in [5, 5.41) is 8.14. The van der Waals surface area contributed by atoms with Crippen LogP contribution in [0.15, 0.2) is 77.4 Å². The summed E-state index contributed by atoms with van der Waals surface area (Å²) in [6.07, 6.45) is 2.74. The lowest BCUT2D eigenvalue weighted by atomic mass is 9.85. The van der Waals surface area contributed by atoms with Gasteiger partial charge in [0.05, 0.1) is 29.8 Å². The minimum absolute atomic E-state index is 0.00693. The van der Waals surface area contributed by atoms with E-state index in [1.807, 2.05) is 78.3 Å². The monoisotopic (exact) mass is 413 g/mol. The van der Waals surface area contributed by atoms with E-state index in [9.17, 15) is 4.79 Å². The molecule has 6 heteroatoms. The van der Waals surface area contributed by atoms with Crippen molar-refractivity contribution in [2.75, 3.05) is 11.9 Å². The van der Waals surface area contributed by atoms with Crippen molar-refractivity contribution in [2.45, 2.75) is 25.7 Å². The first kappa shape index (κ1) is 19.2. The maximum absolute atomic E-state index is 13.2. The van der Waals surface area contributed by atoms with Gasteiger partial charge < -0.3 is 14.5 Å². The largest absolute Gasteiger partial charge is 0.494 e. The number of nitrogens with zero attached hydrogens (tertiary/aromatic N) is 2. The number of aromatic nitrogens is 2. The number of fused-ring (bicyclic) bond motifs is 1. The van der Waals surface area contributed by atoms with Gasteiger partial charge in [0.15, 0.2) is 11.6 Å². The summed E-state index contributed by atoms with van der Waals surface area (Å²) < 4.78 is 13.0. The lowest BCUT2D eigenvalue weighted by Gasteiger charge is -2.21. The van der Waals surface area contributed by atoms with E-state index >= 15 is 0 Å². The quantitative estimate of drug-likeness (QED) is 0.451. The zero-order chi connectivity index (χ0) is 21.2. The summed E-state index contributed by atoms with van der Waals surface area (Å²) in [6, 6.07) is 21.4. The Bertz CT molecular complexity index is 1180. The summed E-state index contributed by atoms with van der Waals surface area (Å²) in [7, 11) is 0. The molecule has 2 aromatic heterocycles. The van der Waals surface area contributed by atoms with Crippen LogP contribution in [0.1, 0.15) is 41.1 Å². The molecule has 5 rings (SSSR count). The molecule has 156 valence electrons. The molecule has 1 atom stereocenters. The highest BCUT2D eigenvalue weighted by Crippen LogP contribution is 2.38. The van der Waals surface area contributed by atoms with Crippen molar-refractivity contribution in [1.29, 1.82) is 0 Å². The second kappa shape index (κ2) is 8.14. The Morgan fingerprint density at radius 1 is 1.06 bits per heavy atom. The van der Waals surface area contributed by atoms with Crippen LogP contribution in [-0.2, 0) is 6.42 Å². The Hall–Kier alpha value is -3.80. The zero-order valence-corrected chi connectivity index (χ0v) is 17.2. The SMILES string of the molecule is CCOc1ccc(Nc2nn(-c3ccccc3)c3c2C(=O)C[C@H](c2ccco2)C3)cc1. The zero-order valence-electron chi connectivity index (χ0n) is 17.2. The van der Waals surface area contributed by atoms with Gasteiger partial charge in [0.2, 0.25) is 0 Å². The van der Waals surface area contributed by atoms with Crippen molar-refractivity contribution in [1.82, 2.24) is 9.78 Å². The van der Waals surface area contributed by atoms with Crippen LogP contribution in [0, 0.1) is 0 Å². The first-order valence-corrected chi connectivity index (χ1v) is 10.5. The minimum Gasteiger partial charge on any atom is -0.494 e. The molecule has 1 N–H and O–H groups in total.